The molecule has 0 radical (unpaired) electrons. The second-order valence-corrected chi connectivity index (χ2v) is 6.18. The quantitative estimate of drug-likeness (QED) is 0.860. The lowest BCUT2D eigenvalue weighted by Crippen LogP contribution is -2.36. The number of carbonyl (C=O) groups is 3. The van der Waals surface area contributed by atoms with Crippen molar-refractivity contribution in [2.24, 2.45) is 5.10 Å². The first-order chi connectivity index (χ1) is 12.4. The molecular formula is C20H19N3O3. The number of hydrazone groups is 1. The van der Waals surface area contributed by atoms with Gasteiger partial charge in [-0.1, -0.05) is 12.1 Å². The summed E-state index contributed by atoms with van der Waals surface area (Å²) < 4.78 is 0. The number of anilines is 2. The molecule has 0 aliphatic carbocycles. The normalized spacial score (nSPS) is 14.0. The second-order valence-electron chi connectivity index (χ2n) is 6.18. The summed E-state index contributed by atoms with van der Waals surface area (Å²) >= 11 is 0. The lowest BCUT2D eigenvalue weighted by Gasteiger charge is -2.23. The molecule has 2 amide bonds. The Morgan fingerprint density at radius 1 is 1.08 bits per heavy atom. The van der Waals surface area contributed by atoms with Gasteiger partial charge in [0.15, 0.2) is 5.78 Å². The molecule has 6 heteroatoms. The summed E-state index contributed by atoms with van der Waals surface area (Å²) in [5, 5.41) is 8.29. The Labute approximate surface area is 151 Å². The maximum atomic E-state index is 12.5. The number of Topliss-reactive ketones (excluding diaryl/α,β-unsaturated/α-hetero) is 1. The third-order valence-corrected chi connectivity index (χ3v) is 4.09. The first kappa shape index (κ1) is 17.5. The van der Waals surface area contributed by atoms with Crippen LogP contribution in [-0.2, 0) is 9.59 Å². The van der Waals surface area contributed by atoms with E-state index in [2.05, 4.69) is 10.4 Å². The highest BCUT2D eigenvalue weighted by atomic mass is 16.2. The maximum absolute atomic E-state index is 12.5. The van der Waals surface area contributed by atoms with Gasteiger partial charge in [-0.3, -0.25) is 14.4 Å². The molecule has 132 valence electrons. The Hall–Kier alpha value is -3.28. The van der Waals surface area contributed by atoms with Crippen LogP contribution in [0.15, 0.2) is 53.6 Å². The van der Waals surface area contributed by atoms with E-state index in [9.17, 15) is 14.4 Å². The average Bonchev–Trinajstić information content (AvgIpc) is 2.62. The number of nitrogens with one attached hydrogen (secondary N) is 1. The molecule has 3 rings (SSSR count). The van der Waals surface area contributed by atoms with Crippen LogP contribution in [0.5, 0.6) is 0 Å². The zero-order chi connectivity index (χ0) is 18.7. The molecule has 0 unspecified atom stereocenters. The van der Waals surface area contributed by atoms with Gasteiger partial charge in [0.25, 0.3) is 5.91 Å². The van der Waals surface area contributed by atoms with Gasteiger partial charge in [0.05, 0.1) is 5.69 Å². The third-order valence-electron chi connectivity index (χ3n) is 4.09. The molecule has 26 heavy (non-hydrogen) atoms. The zero-order valence-electron chi connectivity index (χ0n) is 14.7. The minimum atomic E-state index is -0.356. The lowest BCUT2D eigenvalue weighted by molar-refractivity contribution is -0.118. The molecule has 0 saturated carbocycles. The fourth-order valence-corrected chi connectivity index (χ4v) is 2.67. The van der Waals surface area contributed by atoms with Crippen LogP contribution in [-0.4, -0.2) is 23.3 Å². The van der Waals surface area contributed by atoms with Crippen molar-refractivity contribution < 1.29 is 14.4 Å². The summed E-state index contributed by atoms with van der Waals surface area (Å²) in [7, 11) is 0. The summed E-state index contributed by atoms with van der Waals surface area (Å²) in [5.41, 5.74) is 3.09. The fraction of sp³-hybridized carbons (Fsp3) is 0.200. The van der Waals surface area contributed by atoms with Crippen LogP contribution in [0.25, 0.3) is 0 Å². The van der Waals surface area contributed by atoms with Crippen molar-refractivity contribution in [3.63, 3.8) is 0 Å². The van der Waals surface area contributed by atoms with E-state index in [1.54, 1.807) is 30.3 Å². The van der Waals surface area contributed by atoms with Crippen molar-refractivity contribution in [3.8, 4) is 0 Å². The summed E-state index contributed by atoms with van der Waals surface area (Å²) in [6.45, 7) is 3.42. The van der Waals surface area contributed by atoms with E-state index in [1.807, 2.05) is 25.1 Å². The van der Waals surface area contributed by atoms with Crippen LogP contribution in [0.3, 0.4) is 0 Å². The number of carbonyl (C=O) groups excluding carboxylic acids is 3. The Balaban J connectivity index is 1.79. The first-order valence-corrected chi connectivity index (χ1v) is 8.33. The number of ketones is 1. The summed E-state index contributed by atoms with van der Waals surface area (Å²) in [6.07, 6.45) is 0.516. The SMILES string of the molecule is CC(=O)c1ccc(NC(=O)C2=NN(c3cccc(C)c3)C(=O)CC2)cc1. The maximum Gasteiger partial charge on any atom is 0.271 e. The van der Waals surface area contributed by atoms with Crippen LogP contribution < -0.4 is 10.3 Å². The number of hydrogen-bond acceptors (Lipinski definition) is 4. The largest absolute Gasteiger partial charge is 0.321 e. The molecule has 0 bridgehead atoms. The Kier molecular flexibility index (Phi) is 4.93. The molecule has 1 aliphatic heterocycles. The standard InChI is InChI=1S/C20H19N3O3/c1-13-4-3-5-17(12-13)23-19(25)11-10-18(22-23)20(26)21-16-8-6-15(7-9-16)14(2)24/h3-9,12H,10-11H2,1-2H3,(H,21,26). The number of rotatable bonds is 4. The van der Waals surface area contributed by atoms with Crippen LogP contribution in [0, 0.1) is 6.92 Å². The molecule has 2 aromatic rings. The van der Waals surface area contributed by atoms with Gasteiger partial charge in [0, 0.05) is 24.1 Å². The Morgan fingerprint density at radius 3 is 2.46 bits per heavy atom. The first-order valence-electron chi connectivity index (χ1n) is 8.33. The van der Waals surface area contributed by atoms with E-state index in [0.29, 0.717) is 29.1 Å². The van der Waals surface area contributed by atoms with Crippen molar-refractivity contribution in [1.29, 1.82) is 0 Å². The van der Waals surface area contributed by atoms with Gasteiger partial charge < -0.3 is 5.32 Å². The molecule has 0 spiro atoms. The fourth-order valence-electron chi connectivity index (χ4n) is 2.67. The van der Waals surface area contributed by atoms with Gasteiger partial charge >= 0.3 is 0 Å². The summed E-state index contributed by atoms with van der Waals surface area (Å²) in [6, 6.07) is 14.1. The predicted molar refractivity (Wildman–Crippen MR) is 100 cm³/mol. The molecule has 0 saturated heterocycles. The third kappa shape index (κ3) is 3.85. The molecule has 2 aromatic carbocycles. The molecule has 0 aromatic heterocycles. The average molecular weight is 349 g/mol. The Bertz CT molecular complexity index is 901. The van der Waals surface area contributed by atoms with E-state index >= 15 is 0 Å². The Morgan fingerprint density at radius 2 is 1.81 bits per heavy atom. The highest BCUT2D eigenvalue weighted by molar-refractivity contribution is 6.44. The van der Waals surface area contributed by atoms with E-state index in [1.165, 1.54) is 11.9 Å². The number of hydrogen-bond donors (Lipinski definition) is 1. The topological polar surface area (TPSA) is 78.8 Å². The number of nitrogens with zero attached hydrogens (tertiary/aromatic N) is 2. The van der Waals surface area contributed by atoms with E-state index in [-0.39, 0.29) is 24.0 Å². The van der Waals surface area contributed by atoms with Crippen molar-refractivity contribution in [1.82, 2.24) is 0 Å². The molecule has 1 heterocycles. The smallest absolute Gasteiger partial charge is 0.271 e. The van der Waals surface area contributed by atoms with Crippen molar-refractivity contribution in [3.05, 3.63) is 59.7 Å². The van der Waals surface area contributed by atoms with E-state index in [4.69, 9.17) is 0 Å². The monoisotopic (exact) mass is 349 g/mol. The lowest BCUT2D eigenvalue weighted by atomic mass is 10.1. The summed E-state index contributed by atoms with van der Waals surface area (Å²) in [5.74, 6) is -0.532. The highest BCUT2D eigenvalue weighted by Crippen LogP contribution is 2.21. The van der Waals surface area contributed by atoms with Crippen LogP contribution in [0.1, 0.15) is 35.7 Å². The zero-order valence-corrected chi connectivity index (χ0v) is 14.7. The van der Waals surface area contributed by atoms with Gasteiger partial charge in [0.1, 0.15) is 5.71 Å². The van der Waals surface area contributed by atoms with Crippen LogP contribution >= 0.6 is 0 Å². The van der Waals surface area contributed by atoms with Crippen molar-refractivity contribution in [2.45, 2.75) is 26.7 Å². The van der Waals surface area contributed by atoms with Gasteiger partial charge in [0.2, 0.25) is 5.91 Å². The molecule has 0 atom stereocenters. The van der Waals surface area contributed by atoms with E-state index in [0.717, 1.165) is 5.56 Å². The number of amides is 2. The van der Waals surface area contributed by atoms with Crippen LogP contribution in [0.2, 0.25) is 0 Å². The summed E-state index contributed by atoms with van der Waals surface area (Å²) in [4.78, 5) is 36.0. The number of benzene rings is 2. The van der Waals surface area contributed by atoms with Gasteiger partial charge in [-0.05, 0) is 55.8 Å². The van der Waals surface area contributed by atoms with Gasteiger partial charge in [-0.25, -0.2) is 5.01 Å². The van der Waals surface area contributed by atoms with Crippen LogP contribution in [0.4, 0.5) is 11.4 Å². The molecule has 1 N–H and O–H groups in total. The molecule has 0 fully saturated rings. The van der Waals surface area contributed by atoms with Crippen molar-refractivity contribution >= 4 is 34.7 Å². The highest BCUT2D eigenvalue weighted by Gasteiger charge is 2.25. The minimum absolute atomic E-state index is 0.0353. The van der Waals surface area contributed by atoms with Gasteiger partial charge in [-0.15, -0.1) is 0 Å². The van der Waals surface area contributed by atoms with Gasteiger partial charge in [-0.2, -0.15) is 5.10 Å². The van der Waals surface area contributed by atoms with Crippen molar-refractivity contribution in [2.75, 3.05) is 10.3 Å². The van der Waals surface area contributed by atoms with E-state index < -0.39 is 0 Å². The molecule has 1 aliphatic rings. The minimum Gasteiger partial charge on any atom is -0.321 e. The predicted octanol–water partition coefficient (Wildman–Crippen LogP) is 3.32. The second kappa shape index (κ2) is 7.31. The number of aryl methyl sites for hydroxylation is 1. The molecular weight excluding hydrogens is 330 g/mol. The molecule has 6 nitrogen and oxygen atoms in total.